The molecule has 3 heterocycles. The number of hydrogen-bond donors (Lipinski definition) is 5. The molecule has 5 N–H and O–H groups in total. The van der Waals surface area contributed by atoms with Crippen LogP contribution in [0.2, 0.25) is 0 Å². The molecule has 4 unspecified atom stereocenters. The van der Waals surface area contributed by atoms with Gasteiger partial charge >= 0.3 is 7.60 Å². The Labute approximate surface area is 185 Å². The van der Waals surface area contributed by atoms with E-state index in [1.54, 1.807) is 39.2 Å². The molecule has 0 radical (unpaired) electrons. The molecule has 2 aromatic heterocycles. The molecule has 12 heteroatoms. The Hall–Kier alpha value is -1.17. The molecule has 0 aromatic carbocycles. The minimum absolute atomic E-state index is 0.00964. The molecule has 10 nitrogen and oxygen atoms in total. The summed E-state index contributed by atoms with van der Waals surface area (Å²) in [5, 5.41) is 30.4. The fourth-order valence-corrected chi connectivity index (χ4v) is 5.16. The van der Waals surface area contributed by atoms with Crippen molar-refractivity contribution in [1.82, 2.24) is 14.5 Å². The maximum absolute atomic E-state index is 12.7. The Bertz CT molecular complexity index is 1040. The molecule has 0 aliphatic carbocycles. The molecular weight excluding hydrogens is 445 g/mol. The summed E-state index contributed by atoms with van der Waals surface area (Å²) in [6.07, 6.45) is -0.736. The highest BCUT2D eigenvalue weighted by Gasteiger charge is 2.50. The fourth-order valence-electron chi connectivity index (χ4n) is 3.51. The molecule has 31 heavy (non-hydrogen) atoms. The van der Waals surface area contributed by atoms with Crippen LogP contribution in [0.15, 0.2) is 18.5 Å². The van der Waals surface area contributed by atoms with Crippen LogP contribution < -0.4 is 0 Å². The lowest BCUT2D eigenvalue weighted by molar-refractivity contribution is -0.0707. The van der Waals surface area contributed by atoms with E-state index in [0.717, 1.165) is 5.39 Å². The van der Waals surface area contributed by atoms with Gasteiger partial charge in [-0.3, -0.25) is 9.13 Å². The van der Waals surface area contributed by atoms with Gasteiger partial charge in [0.1, 0.15) is 17.9 Å². The Kier molecular flexibility index (Phi) is 6.82. The molecule has 0 saturated carbocycles. The summed E-state index contributed by atoms with van der Waals surface area (Å²) >= 11 is 5.31. The van der Waals surface area contributed by atoms with E-state index in [1.807, 2.05) is 0 Å². The van der Waals surface area contributed by atoms with Gasteiger partial charge in [0, 0.05) is 24.2 Å². The zero-order valence-electron chi connectivity index (χ0n) is 17.9. The first-order valence-electron chi connectivity index (χ1n) is 10.2. The van der Waals surface area contributed by atoms with Crippen molar-refractivity contribution in [3.63, 3.8) is 0 Å². The number of hydrogen-bond acceptors (Lipinski definition) is 8. The number of nitrogens with one attached hydrogen (secondary N) is 1. The van der Waals surface area contributed by atoms with Crippen molar-refractivity contribution < 1.29 is 34.0 Å². The van der Waals surface area contributed by atoms with Crippen LogP contribution in [-0.4, -0.2) is 64.0 Å². The van der Waals surface area contributed by atoms with E-state index in [9.17, 15) is 24.8 Å². The van der Waals surface area contributed by atoms with Gasteiger partial charge in [0.25, 0.3) is 0 Å². The summed E-state index contributed by atoms with van der Waals surface area (Å²) in [5.74, 6) is 0. The van der Waals surface area contributed by atoms with E-state index in [0.29, 0.717) is 12.1 Å². The van der Waals surface area contributed by atoms with Crippen LogP contribution >= 0.6 is 19.8 Å². The summed E-state index contributed by atoms with van der Waals surface area (Å²) in [5.41, 5.74) is -0.604. The van der Waals surface area contributed by atoms with Gasteiger partial charge in [0.15, 0.2) is 11.6 Å². The zero-order chi connectivity index (χ0) is 23.2. The van der Waals surface area contributed by atoms with Gasteiger partial charge in [-0.2, -0.15) is 0 Å². The van der Waals surface area contributed by atoms with Gasteiger partial charge in [0.2, 0.25) is 4.77 Å². The number of nitrogens with zero attached hydrogens (tertiary/aromatic N) is 2. The van der Waals surface area contributed by atoms with Crippen molar-refractivity contribution in [3.8, 4) is 0 Å². The Morgan fingerprint density at radius 2 is 2.00 bits per heavy atom. The predicted octanol–water partition coefficient (Wildman–Crippen LogP) is 2.59. The lowest BCUT2D eigenvalue weighted by atomic mass is 9.93. The summed E-state index contributed by atoms with van der Waals surface area (Å²) < 4.78 is 25.8. The Morgan fingerprint density at radius 1 is 1.32 bits per heavy atom. The molecule has 1 aliphatic heterocycles. The highest BCUT2D eigenvalue weighted by Crippen LogP contribution is 2.59. The van der Waals surface area contributed by atoms with Crippen molar-refractivity contribution >= 4 is 30.8 Å². The van der Waals surface area contributed by atoms with E-state index in [2.05, 4.69) is 9.97 Å². The quantitative estimate of drug-likeness (QED) is 0.287. The van der Waals surface area contributed by atoms with E-state index in [1.165, 1.54) is 11.5 Å². The van der Waals surface area contributed by atoms with E-state index in [4.69, 9.17) is 21.5 Å². The van der Waals surface area contributed by atoms with Crippen molar-refractivity contribution in [3.05, 3.63) is 23.2 Å². The third-order valence-corrected chi connectivity index (χ3v) is 8.60. The van der Waals surface area contributed by atoms with E-state index in [-0.39, 0.29) is 17.6 Å². The normalized spacial score (nSPS) is 30.1. The van der Waals surface area contributed by atoms with Crippen LogP contribution in [0.5, 0.6) is 0 Å². The standard InChI is InChI=1S/C19H30N3O7PS/c1-5-18(3,29-30(26,27)19(4,25)6-2)9-12-13(23)14(24)16(28-12)22-10-11-7-8-20-15(11)21-17(22)31/h7-8,10,12-14,16,23-25H,5-6,9H2,1-4H3,(H,26,27)(H,20,21,31)/t12-,13?,14+,16-,18?,19?/m1/s1. The SMILES string of the molecule is CCC(C)(C[C@H]1O[C@@H](n2cc3cc[nH]c3nc2=S)[C@@H](O)C1O)OP(=O)(O)C(C)(O)CC. The van der Waals surface area contributed by atoms with Gasteiger partial charge in [-0.15, -0.1) is 0 Å². The average molecular weight is 476 g/mol. The third kappa shape index (κ3) is 4.65. The zero-order valence-corrected chi connectivity index (χ0v) is 19.6. The second kappa shape index (κ2) is 8.64. The number of ether oxygens (including phenoxy) is 1. The summed E-state index contributed by atoms with van der Waals surface area (Å²) in [7, 11) is -4.41. The number of H-pyrrole nitrogens is 1. The monoisotopic (exact) mass is 475 g/mol. The lowest BCUT2D eigenvalue weighted by Crippen LogP contribution is -2.40. The molecule has 0 spiro atoms. The number of aliphatic hydroxyl groups is 3. The van der Waals surface area contributed by atoms with E-state index < -0.39 is 43.1 Å². The molecule has 7 atom stereocenters. The van der Waals surface area contributed by atoms with Gasteiger partial charge in [-0.1, -0.05) is 13.8 Å². The van der Waals surface area contributed by atoms with Crippen LogP contribution in [0.4, 0.5) is 0 Å². The van der Waals surface area contributed by atoms with Crippen LogP contribution in [0, 0.1) is 4.77 Å². The van der Waals surface area contributed by atoms with Gasteiger partial charge in [0.05, 0.1) is 11.7 Å². The molecule has 174 valence electrons. The van der Waals surface area contributed by atoms with E-state index >= 15 is 0 Å². The Morgan fingerprint density at radius 3 is 2.61 bits per heavy atom. The van der Waals surface area contributed by atoms with Crippen LogP contribution in [0.3, 0.4) is 0 Å². The molecule has 1 aliphatic rings. The molecule has 2 aromatic rings. The van der Waals surface area contributed by atoms with Gasteiger partial charge in [-0.05, 0) is 45.0 Å². The average Bonchev–Trinajstić information content (AvgIpc) is 3.26. The van der Waals surface area contributed by atoms with Gasteiger partial charge < -0.3 is 34.5 Å². The highest BCUT2D eigenvalue weighted by molar-refractivity contribution is 7.71. The van der Waals surface area contributed by atoms with Crippen molar-refractivity contribution in [2.75, 3.05) is 0 Å². The molecule has 0 bridgehead atoms. The summed E-state index contributed by atoms with van der Waals surface area (Å²) in [6, 6.07) is 1.79. The first-order chi connectivity index (χ1) is 14.3. The number of aliphatic hydroxyl groups excluding tert-OH is 2. The minimum atomic E-state index is -4.41. The van der Waals surface area contributed by atoms with Crippen molar-refractivity contribution in [2.45, 2.75) is 82.4 Å². The summed E-state index contributed by atoms with van der Waals surface area (Å²) in [6.45, 7) is 6.20. The van der Waals surface area contributed by atoms with Crippen LogP contribution in [-0.2, 0) is 13.8 Å². The number of aromatic nitrogens is 3. The maximum atomic E-state index is 12.7. The molecule has 1 saturated heterocycles. The second-order valence-corrected chi connectivity index (χ2v) is 11.0. The van der Waals surface area contributed by atoms with Crippen LogP contribution in [0.1, 0.15) is 53.2 Å². The molecular formula is C19H30N3O7PS. The fraction of sp³-hybridized carbons (Fsp3) is 0.684. The molecule has 1 fully saturated rings. The van der Waals surface area contributed by atoms with Crippen LogP contribution in [0.25, 0.3) is 11.0 Å². The maximum Gasteiger partial charge on any atom is 0.359 e. The minimum Gasteiger partial charge on any atom is -0.388 e. The first kappa shape index (κ1) is 24.5. The highest BCUT2D eigenvalue weighted by atomic mass is 32.1. The second-order valence-electron chi connectivity index (χ2n) is 8.45. The van der Waals surface area contributed by atoms with Crippen molar-refractivity contribution in [1.29, 1.82) is 0 Å². The predicted molar refractivity (Wildman–Crippen MR) is 116 cm³/mol. The number of fused-ring (bicyclic) bond motifs is 1. The number of rotatable bonds is 8. The molecule has 0 amide bonds. The summed E-state index contributed by atoms with van der Waals surface area (Å²) in [4.78, 5) is 17.6. The van der Waals surface area contributed by atoms with Crippen molar-refractivity contribution in [2.24, 2.45) is 0 Å². The number of aromatic amines is 1. The third-order valence-electron chi connectivity index (χ3n) is 6.08. The first-order valence-corrected chi connectivity index (χ1v) is 12.2. The smallest absolute Gasteiger partial charge is 0.359 e. The topological polar surface area (TPSA) is 150 Å². The lowest BCUT2D eigenvalue weighted by Gasteiger charge is -2.37. The largest absolute Gasteiger partial charge is 0.388 e. The molecule has 3 rings (SSSR count). The Balaban J connectivity index is 1.83. The van der Waals surface area contributed by atoms with Gasteiger partial charge in [-0.25, -0.2) is 4.98 Å².